The number of amides is 1. The standard InChI is InChI=1S/C18H24N2O3S2/c1-6-20(7-2)25(22,23)15-10-13(4)14(5)16(11-15)19-18(21)17-12(3)8-9-24-17/h8-11H,6-7H2,1-5H3,(H,19,21). The molecule has 0 atom stereocenters. The number of nitrogens with one attached hydrogen (secondary N) is 1. The zero-order chi connectivity index (χ0) is 18.8. The molecule has 7 heteroatoms. The fourth-order valence-corrected chi connectivity index (χ4v) is 4.99. The molecule has 2 rings (SSSR count). The Morgan fingerprint density at radius 1 is 1.12 bits per heavy atom. The number of carbonyl (C=O) groups excluding carboxylic acids is 1. The molecule has 0 saturated heterocycles. The lowest BCUT2D eigenvalue weighted by molar-refractivity contribution is 0.103. The Balaban J connectivity index is 2.45. The average Bonchev–Trinajstić information content (AvgIpc) is 2.98. The minimum absolute atomic E-state index is 0.206. The Morgan fingerprint density at radius 2 is 1.76 bits per heavy atom. The van der Waals surface area contributed by atoms with Gasteiger partial charge in [-0.2, -0.15) is 4.31 Å². The molecule has 0 aliphatic carbocycles. The largest absolute Gasteiger partial charge is 0.321 e. The van der Waals surface area contributed by atoms with E-state index in [1.807, 2.05) is 46.1 Å². The van der Waals surface area contributed by atoms with E-state index >= 15 is 0 Å². The van der Waals surface area contributed by atoms with Crippen LogP contribution in [-0.2, 0) is 10.0 Å². The predicted octanol–water partition coefficient (Wildman–Crippen LogP) is 3.96. The quantitative estimate of drug-likeness (QED) is 0.825. The highest BCUT2D eigenvalue weighted by Crippen LogP contribution is 2.27. The van der Waals surface area contributed by atoms with Gasteiger partial charge in [-0.15, -0.1) is 11.3 Å². The van der Waals surface area contributed by atoms with Crippen LogP contribution in [0.3, 0.4) is 0 Å². The van der Waals surface area contributed by atoms with Gasteiger partial charge in [0.05, 0.1) is 9.77 Å². The van der Waals surface area contributed by atoms with E-state index < -0.39 is 10.0 Å². The molecule has 0 saturated carbocycles. The van der Waals surface area contributed by atoms with Crippen molar-refractivity contribution in [3.05, 3.63) is 45.1 Å². The minimum Gasteiger partial charge on any atom is -0.321 e. The Hall–Kier alpha value is -1.70. The molecule has 0 aliphatic heterocycles. The molecule has 25 heavy (non-hydrogen) atoms. The van der Waals surface area contributed by atoms with Crippen LogP contribution in [0.25, 0.3) is 0 Å². The molecule has 0 aliphatic rings. The summed E-state index contributed by atoms with van der Waals surface area (Å²) in [6.45, 7) is 10.0. The van der Waals surface area contributed by atoms with Crippen molar-refractivity contribution in [2.24, 2.45) is 0 Å². The van der Waals surface area contributed by atoms with Crippen LogP contribution >= 0.6 is 11.3 Å². The van der Waals surface area contributed by atoms with Crippen LogP contribution in [0, 0.1) is 20.8 Å². The first kappa shape index (κ1) is 19.6. The summed E-state index contributed by atoms with van der Waals surface area (Å²) in [6.07, 6.45) is 0. The van der Waals surface area contributed by atoms with Gasteiger partial charge in [0.2, 0.25) is 10.0 Å². The summed E-state index contributed by atoms with van der Waals surface area (Å²) in [5.74, 6) is -0.215. The maximum atomic E-state index is 12.8. The molecule has 5 nitrogen and oxygen atoms in total. The van der Waals surface area contributed by atoms with Crippen molar-refractivity contribution in [1.82, 2.24) is 4.31 Å². The first-order chi connectivity index (χ1) is 11.7. The highest BCUT2D eigenvalue weighted by molar-refractivity contribution is 7.89. The molecule has 1 N–H and O–H groups in total. The molecular formula is C18H24N2O3S2. The fraction of sp³-hybridized carbons (Fsp3) is 0.389. The lowest BCUT2D eigenvalue weighted by Crippen LogP contribution is -2.30. The van der Waals surface area contributed by atoms with Crippen molar-refractivity contribution in [3.63, 3.8) is 0 Å². The number of sulfonamides is 1. The predicted molar refractivity (Wildman–Crippen MR) is 103 cm³/mol. The molecule has 1 heterocycles. The zero-order valence-corrected chi connectivity index (χ0v) is 16.8. The van der Waals surface area contributed by atoms with Crippen molar-refractivity contribution in [2.45, 2.75) is 39.5 Å². The Kier molecular flexibility index (Phi) is 6.03. The first-order valence-corrected chi connectivity index (χ1v) is 10.5. The number of aryl methyl sites for hydroxylation is 2. The van der Waals surface area contributed by atoms with Crippen LogP contribution in [0.2, 0.25) is 0 Å². The number of rotatable bonds is 6. The maximum absolute atomic E-state index is 12.8. The summed E-state index contributed by atoms with van der Waals surface area (Å²) in [6, 6.07) is 5.10. The van der Waals surface area contributed by atoms with Gasteiger partial charge in [-0.3, -0.25) is 4.79 Å². The van der Waals surface area contributed by atoms with E-state index in [4.69, 9.17) is 0 Å². The number of hydrogen-bond donors (Lipinski definition) is 1. The third-order valence-electron chi connectivity index (χ3n) is 4.30. The third kappa shape index (κ3) is 3.94. The number of hydrogen-bond acceptors (Lipinski definition) is 4. The van der Waals surface area contributed by atoms with Crippen molar-refractivity contribution in [2.75, 3.05) is 18.4 Å². The van der Waals surface area contributed by atoms with E-state index in [1.165, 1.54) is 15.6 Å². The van der Waals surface area contributed by atoms with Crippen LogP contribution in [0.5, 0.6) is 0 Å². The average molecular weight is 381 g/mol. The van der Waals surface area contributed by atoms with Crippen LogP contribution in [0.15, 0.2) is 28.5 Å². The van der Waals surface area contributed by atoms with Gasteiger partial charge in [-0.25, -0.2) is 8.42 Å². The molecule has 0 bridgehead atoms. The SMILES string of the molecule is CCN(CC)S(=O)(=O)c1cc(C)c(C)c(NC(=O)c2sccc2C)c1. The van der Waals surface area contributed by atoms with Crippen LogP contribution in [0.1, 0.15) is 40.2 Å². The van der Waals surface area contributed by atoms with Gasteiger partial charge >= 0.3 is 0 Å². The van der Waals surface area contributed by atoms with Gasteiger partial charge in [-0.1, -0.05) is 13.8 Å². The molecule has 2 aromatic rings. The molecule has 1 aromatic carbocycles. The van der Waals surface area contributed by atoms with Crippen molar-refractivity contribution < 1.29 is 13.2 Å². The zero-order valence-electron chi connectivity index (χ0n) is 15.2. The van der Waals surface area contributed by atoms with E-state index in [0.29, 0.717) is 23.7 Å². The number of nitrogens with zero attached hydrogens (tertiary/aromatic N) is 1. The summed E-state index contributed by atoms with van der Waals surface area (Å²) in [4.78, 5) is 13.3. The summed E-state index contributed by atoms with van der Waals surface area (Å²) >= 11 is 1.37. The Bertz CT molecular complexity index is 882. The van der Waals surface area contributed by atoms with Crippen LogP contribution in [-0.4, -0.2) is 31.7 Å². The normalized spacial score (nSPS) is 11.8. The molecule has 0 unspecified atom stereocenters. The lowest BCUT2D eigenvalue weighted by Gasteiger charge is -2.20. The fourth-order valence-electron chi connectivity index (χ4n) is 2.60. The summed E-state index contributed by atoms with van der Waals surface area (Å²) in [5, 5.41) is 4.73. The number of benzene rings is 1. The van der Waals surface area contributed by atoms with Gasteiger partial charge in [0.25, 0.3) is 5.91 Å². The summed E-state index contributed by atoms with van der Waals surface area (Å²) in [5.41, 5.74) is 3.12. The number of anilines is 1. The highest BCUT2D eigenvalue weighted by Gasteiger charge is 2.24. The van der Waals surface area contributed by atoms with Gasteiger partial charge in [0.15, 0.2) is 0 Å². The third-order valence-corrected chi connectivity index (χ3v) is 7.34. The summed E-state index contributed by atoms with van der Waals surface area (Å²) < 4.78 is 27.0. The van der Waals surface area contributed by atoms with Gasteiger partial charge < -0.3 is 5.32 Å². The molecule has 136 valence electrons. The first-order valence-electron chi connectivity index (χ1n) is 8.19. The van der Waals surface area contributed by atoms with E-state index in [0.717, 1.165) is 16.7 Å². The monoisotopic (exact) mass is 380 g/mol. The smallest absolute Gasteiger partial charge is 0.266 e. The van der Waals surface area contributed by atoms with E-state index in [9.17, 15) is 13.2 Å². The van der Waals surface area contributed by atoms with Crippen LogP contribution in [0.4, 0.5) is 5.69 Å². The Morgan fingerprint density at radius 3 is 2.28 bits per heavy atom. The van der Waals surface area contributed by atoms with Gasteiger partial charge in [-0.05, 0) is 61.0 Å². The van der Waals surface area contributed by atoms with E-state index in [2.05, 4.69) is 5.32 Å². The maximum Gasteiger partial charge on any atom is 0.266 e. The van der Waals surface area contributed by atoms with E-state index in [1.54, 1.807) is 12.1 Å². The Labute approximate surface area is 153 Å². The van der Waals surface area contributed by atoms with E-state index in [-0.39, 0.29) is 10.8 Å². The van der Waals surface area contributed by atoms with Crippen molar-refractivity contribution in [1.29, 1.82) is 0 Å². The second-order valence-electron chi connectivity index (χ2n) is 5.89. The number of carbonyl (C=O) groups is 1. The number of thiophene rings is 1. The second-order valence-corrected chi connectivity index (χ2v) is 8.74. The van der Waals surface area contributed by atoms with Crippen molar-refractivity contribution >= 4 is 33.0 Å². The minimum atomic E-state index is -3.58. The molecule has 1 amide bonds. The van der Waals surface area contributed by atoms with Gasteiger partial charge in [0, 0.05) is 18.8 Å². The molecule has 0 radical (unpaired) electrons. The summed E-state index contributed by atoms with van der Waals surface area (Å²) in [7, 11) is -3.58. The van der Waals surface area contributed by atoms with Gasteiger partial charge in [0.1, 0.15) is 0 Å². The lowest BCUT2D eigenvalue weighted by atomic mass is 10.1. The second kappa shape index (κ2) is 7.68. The van der Waals surface area contributed by atoms with Crippen LogP contribution < -0.4 is 5.32 Å². The topological polar surface area (TPSA) is 66.5 Å². The molecule has 0 fully saturated rings. The molecule has 1 aromatic heterocycles. The molecular weight excluding hydrogens is 356 g/mol. The highest BCUT2D eigenvalue weighted by atomic mass is 32.2. The van der Waals surface area contributed by atoms with Crippen molar-refractivity contribution in [3.8, 4) is 0 Å². The molecule has 0 spiro atoms.